The fourth-order valence-electron chi connectivity index (χ4n) is 1.53. The van der Waals surface area contributed by atoms with E-state index in [0.717, 1.165) is 12.2 Å². The van der Waals surface area contributed by atoms with Gasteiger partial charge in [-0.15, -0.1) is 0 Å². The molecule has 0 bridgehead atoms. The Hall–Kier alpha value is -1.50. The van der Waals surface area contributed by atoms with E-state index in [4.69, 9.17) is 4.74 Å². The van der Waals surface area contributed by atoms with E-state index in [1.165, 1.54) is 24.0 Å². The zero-order valence-electron chi connectivity index (χ0n) is 10.2. The van der Waals surface area contributed by atoms with Gasteiger partial charge in [0.1, 0.15) is 5.75 Å². The lowest BCUT2D eigenvalue weighted by Crippen LogP contribution is -1.83. The lowest BCUT2D eigenvalue weighted by molar-refractivity contribution is 0.415. The molecule has 86 valence electrons. The maximum Gasteiger partial charge on any atom is 0.118 e. The molecule has 0 unspecified atom stereocenters. The van der Waals surface area contributed by atoms with Crippen molar-refractivity contribution < 1.29 is 4.74 Å². The molecule has 0 saturated carbocycles. The van der Waals surface area contributed by atoms with Crippen LogP contribution in [0.1, 0.15) is 31.7 Å². The van der Waals surface area contributed by atoms with Crippen LogP contribution in [0, 0.1) is 0 Å². The molecule has 16 heavy (non-hydrogen) atoms. The quantitative estimate of drug-likeness (QED) is 0.638. The van der Waals surface area contributed by atoms with Gasteiger partial charge in [0.15, 0.2) is 0 Å². The second-order valence-corrected chi connectivity index (χ2v) is 3.80. The van der Waals surface area contributed by atoms with Crippen LogP contribution < -0.4 is 4.74 Å². The van der Waals surface area contributed by atoms with Gasteiger partial charge in [0.25, 0.3) is 0 Å². The molecule has 0 aromatic heterocycles. The highest BCUT2D eigenvalue weighted by Gasteiger charge is 1.94. The van der Waals surface area contributed by atoms with Crippen molar-refractivity contribution in [1.82, 2.24) is 0 Å². The molecule has 1 aromatic rings. The van der Waals surface area contributed by atoms with Gasteiger partial charge in [-0.05, 0) is 36.1 Å². The van der Waals surface area contributed by atoms with Crippen LogP contribution in [0.25, 0.3) is 6.08 Å². The molecule has 0 amide bonds. The summed E-state index contributed by atoms with van der Waals surface area (Å²) in [5, 5.41) is 0. The van der Waals surface area contributed by atoms with Crippen molar-refractivity contribution >= 4 is 6.08 Å². The van der Waals surface area contributed by atoms with Gasteiger partial charge in [0, 0.05) is 0 Å². The highest BCUT2D eigenvalue weighted by atomic mass is 16.5. The number of hydrogen-bond acceptors (Lipinski definition) is 1. The highest BCUT2D eigenvalue weighted by molar-refractivity contribution is 5.56. The van der Waals surface area contributed by atoms with E-state index in [2.05, 4.69) is 31.7 Å². The molecule has 0 atom stereocenters. The first-order chi connectivity index (χ1) is 7.80. The van der Waals surface area contributed by atoms with E-state index in [1.54, 1.807) is 7.11 Å². The normalized spacial score (nSPS) is 11.2. The Labute approximate surface area is 98.5 Å². The summed E-state index contributed by atoms with van der Waals surface area (Å²) in [6.45, 7) is 6.05. The SMILES string of the molecule is C=C/C(=C/c1ccc(OC)cc1)CCCC. The second-order valence-electron chi connectivity index (χ2n) is 3.80. The van der Waals surface area contributed by atoms with Crippen molar-refractivity contribution in [1.29, 1.82) is 0 Å². The predicted octanol–water partition coefficient (Wildman–Crippen LogP) is 4.45. The lowest BCUT2D eigenvalue weighted by Gasteiger charge is -2.02. The fraction of sp³-hybridized carbons (Fsp3) is 0.333. The van der Waals surface area contributed by atoms with Crippen molar-refractivity contribution in [2.24, 2.45) is 0 Å². The highest BCUT2D eigenvalue weighted by Crippen LogP contribution is 2.16. The smallest absolute Gasteiger partial charge is 0.118 e. The van der Waals surface area contributed by atoms with E-state index in [9.17, 15) is 0 Å². The molecule has 1 aromatic carbocycles. The number of rotatable bonds is 6. The maximum absolute atomic E-state index is 5.12. The molecule has 0 N–H and O–H groups in total. The van der Waals surface area contributed by atoms with Crippen LogP contribution in [0.4, 0.5) is 0 Å². The van der Waals surface area contributed by atoms with Crippen LogP contribution in [-0.4, -0.2) is 7.11 Å². The average Bonchev–Trinajstić information content (AvgIpc) is 2.35. The molecule has 0 heterocycles. The molecule has 0 radical (unpaired) electrons. The third kappa shape index (κ3) is 3.93. The Morgan fingerprint density at radius 2 is 2.00 bits per heavy atom. The number of ether oxygens (including phenoxy) is 1. The largest absolute Gasteiger partial charge is 0.497 e. The number of hydrogen-bond donors (Lipinski definition) is 0. The van der Waals surface area contributed by atoms with E-state index >= 15 is 0 Å². The van der Waals surface area contributed by atoms with Crippen molar-refractivity contribution in [2.45, 2.75) is 26.2 Å². The Morgan fingerprint density at radius 1 is 1.31 bits per heavy atom. The molecule has 1 nitrogen and oxygen atoms in total. The predicted molar refractivity (Wildman–Crippen MR) is 70.7 cm³/mol. The summed E-state index contributed by atoms with van der Waals surface area (Å²) < 4.78 is 5.12. The van der Waals surface area contributed by atoms with Gasteiger partial charge in [0.05, 0.1) is 7.11 Å². The summed E-state index contributed by atoms with van der Waals surface area (Å²) in [5.74, 6) is 0.894. The van der Waals surface area contributed by atoms with Gasteiger partial charge < -0.3 is 4.74 Å². The van der Waals surface area contributed by atoms with Crippen molar-refractivity contribution in [2.75, 3.05) is 7.11 Å². The summed E-state index contributed by atoms with van der Waals surface area (Å²) in [5.41, 5.74) is 2.50. The molecule has 0 aliphatic rings. The number of benzene rings is 1. The molecule has 0 fully saturated rings. The second kappa shape index (κ2) is 6.89. The molecule has 0 spiro atoms. The number of allylic oxidation sites excluding steroid dienone is 2. The van der Waals surface area contributed by atoms with Crippen molar-refractivity contribution in [3.8, 4) is 5.75 Å². The monoisotopic (exact) mass is 216 g/mol. The first-order valence-corrected chi connectivity index (χ1v) is 5.77. The van der Waals surface area contributed by atoms with Gasteiger partial charge >= 0.3 is 0 Å². The van der Waals surface area contributed by atoms with Crippen molar-refractivity contribution in [3.05, 3.63) is 48.1 Å². The third-order valence-electron chi connectivity index (χ3n) is 2.55. The summed E-state index contributed by atoms with van der Waals surface area (Å²) in [6.07, 6.45) is 7.66. The van der Waals surface area contributed by atoms with Crippen LogP contribution in [0.5, 0.6) is 5.75 Å². The van der Waals surface area contributed by atoms with E-state index in [0.29, 0.717) is 0 Å². The minimum absolute atomic E-state index is 0.894. The van der Waals surface area contributed by atoms with Crippen LogP contribution in [-0.2, 0) is 0 Å². The minimum atomic E-state index is 0.894. The molecule has 0 saturated heterocycles. The van der Waals surface area contributed by atoms with Gasteiger partial charge in [-0.25, -0.2) is 0 Å². The van der Waals surface area contributed by atoms with Crippen LogP contribution in [0.15, 0.2) is 42.5 Å². The molecule has 0 aliphatic heterocycles. The summed E-state index contributed by atoms with van der Waals surface area (Å²) in [7, 11) is 1.68. The Kier molecular flexibility index (Phi) is 5.41. The average molecular weight is 216 g/mol. The molecular weight excluding hydrogens is 196 g/mol. The first kappa shape index (κ1) is 12.6. The van der Waals surface area contributed by atoms with E-state index in [1.807, 2.05) is 18.2 Å². The maximum atomic E-state index is 5.12. The Balaban J connectivity index is 2.74. The molecule has 0 aliphatic carbocycles. The molecular formula is C15H20O. The zero-order chi connectivity index (χ0) is 11.8. The Morgan fingerprint density at radius 3 is 2.50 bits per heavy atom. The van der Waals surface area contributed by atoms with E-state index in [-0.39, 0.29) is 0 Å². The van der Waals surface area contributed by atoms with Crippen LogP contribution in [0.2, 0.25) is 0 Å². The lowest BCUT2D eigenvalue weighted by atomic mass is 10.1. The van der Waals surface area contributed by atoms with Gasteiger partial charge in [-0.2, -0.15) is 0 Å². The van der Waals surface area contributed by atoms with Gasteiger partial charge in [-0.1, -0.05) is 44.2 Å². The standard InChI is InChI=1S/C15H20O/c1-4-6-7-13(5-2)12-14-8-10-15(16-3)11-9-14/h5,8-12H,2,4,6-7H2,1,3H3/b13-12-. The minimum Gasteiger partial charge on any atom is -0.497 e. The Bertz CT molecular complexity index is 346. The molecule has 1 heteroatoms. The first-order valence-electron chi connectivity index (χ1n) is 5.77. The van der Waals surface area contributed by atoms with Crippen molar-refractivity contribution in [3.63, 3.8) is 0 Å². The fourth-order valence-corrected chi connectivity index (χ4v) is 1.53. The third-order valence-corrected chi connectivity index (χ3v) is 2.55. The summed E-state index contributed by atoms with van der Waals surface area (Å²) in [6, 6.07) is 8.08. The number of methoxy groups -OCH3 is 1. The summed E-state index contributed by atoms with van der Waals surface area (Å²) >= 11 is 0. The van der Waals surface area contributed by atoms with Crippen LogP contribution >= 0.6 is 0 Å². The summed E-state index contributed by atoms with van der Waals surface area (Å²) in [4.78, 5) is 0. The van der Waals surface area contributed by atoms with Gasteiger partial charge in [-0.3, -0.25) is 0 Å². The zero-order valence-corrected chi connectivity index (χ0v) is 10.2. The van der Waals surface area contributed by atoms with Crippen LogP contribution in [0.3, 0.4) is 0 Å². The number of unbranched alkanes of at least 4 members (excludes halogenated alkanes) is 1. The van der Waals surface area contributed by atoms with E-state index < -0.39 is 0 Å². The van der Waals surface area contributed by atoms with Gasteiger partial charge in [0.2, 0.25) is 0 Å². The molecule has 1 rings (SSSR count). The topological polar surface area (TPSA) is 9.23 Å².